The van der Waals surface area contributed by atoms with Crippen LogP contribution < -0.4 is 10.6 Å². The Balaban J connectivity index is 2.64. The van der Waals surface area contributed by atoms with E-state index in [2.05, 4.69) is 10.6 Å². The second-order valence-electron chi connectivity index (χ2n) is 2.93. The molecule has 0 saturated carbocycles. The Kier molecular flexibility index (Phi) is 2.11. The van der Waals surface area contributed by atoms with Gasteiger partial charge in [0, 0.05) is 19.6 Å². The van der Waals surface area contributed by atoms with Gasteiger partial charge in [0.1, 0.15) is 5.54 Å². The third kappa shape index (κ3) is 1.65. The summed E-state index contributed by atoms with van der Waals surface area (Å²) in [6.45, 7) is 2.09. The van der Waals surface area contributed by atoms with E-state index in [1.54, 1.807) is 0 Å². The number of nitrogens with one attached hydrogen (secondary N) is 2. The van der Waals surface area contributed by atoms with E-state index in [9.17, 15) is 13.2 Å². The lowest BCUT2D eigenvalue weighted by Crippen LogP contribution is -2.65. The molecule has 66 valence electrons. The van der Waals surface area contributed by atoms with Crippen molar-refractivity contribution in [3.63, 3.8) is 0 Å². The fraction of sp³-hybridized carbons (Fsp3) is 1.00. The number of piperazine rings is 1. The first-order valence-electron chi connectivity index (χ1n) is 3.48. The first kappa shape index (κ1) is 8.80. The average molecular weight is 168 g/mol. The summed E-state index contributed by atoms with van der Waals surface area (Å²) in [5.74, 6) is 0. The predicted molar refractivity (Wildman–Crippen MR) is 35.3 cm³/mol. The van der Waals surface area contributed by atoms with Crippen molar-refractivity contribution < 1.29 is 13.2 Å². The molecule has 2 N–H and O–H groups in total. The molecule has 2 nitrogen and oxygen atoms in total. The molecule has 0 bridgehead atoms. The number of hydrogen-bond acceptors (Lipinski definition) is 2. The minimum absolute atomic E-state index is 0.0451. The SMILES string of the molecule is CC1(C(F)(F)F)CNCCN1. The Bertz CT molecular complexity index is 137. The molecule has 1 aliphatic heterocycles. The molecule has 11 heavy (non-hydrogen) atoms. The molecule has 5 heteroatoms. The standard InChI is InChI=1S/C6H11F3N2/c1-5(6(7,8)9)4-10-2-3-11-5/h10-11H,2-4H2,1H3. The van der Waals surface area contributed by atoms with E-state index >= 15 is 0 Å². The van der Waals surface area contributed by atoms with Gasteiger partial charge in [-0.3, -0.25) is 0 Å². The second-order valence-corrected chi connectivity index (χ2v) is 2.93. The van der Waals surface area contributed by atoms with Crippen LogP contribution in [0.3, 0.4) is 0 Å². The van der Waals surface area contributed by atoms with Crippen molar-refractivity contribution in [1.82, 2.24) is 10.6 Å². The Morgan fingerprint density at radius 2 is 1.91 bits per heavy atom. The molecule has 0 aliphatic carbocycles. The van der Waals surface area contributed by atoms with Gasteiger partial charge in [-0.25, -0.2) is 0 Å². The molecule has 1 saturated heterocycles. The van der Waals surface area contributed by atoms with Gasteiger partial charge < -0.3 is 10.6 Å². The summed E-state index contributed by atoms with van der Waals surface area (Å²) in [7, 11) is 0. The first-order valence-corrected chi connectivity index (χ1v) is 3.48. The Hall–Kier alpha value is -0.290. The van der Waals surface area contributed by atoms with Crippen LogP contribution in [-0.2, 0) is 0 Å². The molecule has 0 aromatic heterocycles. The van der Waals surface area contributed by atoms with Gasteiger partial charge in [-0.05, 0) is 6.92 Å². The Morgan fingerprint density at radius 3 is 2.18 bits per heavy atom. The zero-order valence-electron chi connectivity index (χ0n) is 6.26. The third-order valence-corrected chi connectivity index (χ3v) is 1.92. The molecule has 1 aliphatic rings. The van der Waals surface area contributed by atoms with Crippen molar-refractivity contribution in [1.29, 1.82) is 0 Å². The number of hydrogen-bond donors (Lipinski definition) is 2. The second kappa shape index (κ2) is 2.64. The van der Waals surface area contributed by atoms with Crippen LogP contribution in [0.2, 0.25) is 0 Å². The summed E-state index contributed by atoms with van der Waals surface area (Å²) in [6.07, 6.45) is -4.17. The number of halogens is 3. The molecule has 1 unspecified atom stereocenters. The van der Waals surface area contributed by atoms with Gasteiger partial charge in [-0.2, -0.15) is 13.2 Å². The van der Waals surface area contributed by atoms with E-state index in [1.807, 2.05) is 0 Å². The van der Waals surface area contributed by atoms with E-state index in [0.29, 0.717) is 13.1 Å². The lowest BCUT2D eigenvalue weighted by Gasteiger charge is -2.36. The minimum atomic E-state index is -4.17. The average Bonchev–Trinajstić information content (AvgIpc) is 1.87. The van der Waals surface area contributed by atoms with Crippen LogP contribution in [0.4, 0.5) is 13.2 Å². The molecule has 0 aromatic rings. The van der Waals surface area contributed by atoms with Gasteiger partial charge >= 0.3 is 6.18 Å². The lowest BCUT2D eigenvalue weighted by atomic mass is 10.00. The highest BCUT2D eigenvalue weighted by Crippen LogP contribution is 2.30. The van der Waals surface area contributed by atoms with Crippen LogP contribution in [0.5, 0.6) is 0 Å². The van der Waals surface area contributed by atoms with Crippen LogP contribution in [0.1, 0.15) is 6.92 Å². The van der Waals surface area contributed by atoms with Crippen molar-refractivity contribution in [2.45, 2.75) is 18.6 Å². The molecule has 0 amide bonds. The maximum Gasteiger partial charge on any atom is 0.407 e. The van der Waals surface area contributed by atoms with Gasteiger partial charge in [0.05, 0.1) is 0 Å². The van der Waals surface area contributed by atoms with Gasteiger partial charge in [-0.1, -0.05) is 0 Å². The topological polar surface area (TPSA) is 24.1 Å². The third-order valence-electron chi connectivity index (χ3n) is 1.92. The highest BCUT2D eigenvalue weighted by atomic mass is 19.4. The monoisotopic (exact) mass is 168 g/mol. The van der Waals surface area contributed by atoms with Crippen molar-refractivity contribution in [2.75, 3.05) is 19.6 Å². The predicted octanol–water partition coefficient (Wildman–Crippen LogP) is 0.500. The minimum Gasteiger partial charge on any atom is -0.313 e. The van der Waals surface area contributed by atoms with Crippen LogP contribution >= 0.6 is 0 Å². The molecular formula is C6H11F3N2. The molecule has 1 fully saturated rings. The van der Waals surface area contributed by atoms with Crippen molar-refractivity contribution in [3.8, 4) is 0 Å². The van der Waals surface area contributed by atoms with Gasteiger partial charge in [0.15, 0.2) is 0 Å². The van der Waals surface area contributed by atoms with Crippen molar-refractivity contribution >= 4 is 0 Å². The van der Waals surface area contributed by atoms with Gasteiger partial charge in [0.25, 0.3) is 0 Å². The van der Waals surface area contributed by atoms with E-state index in [1.165, 1.54) is 6.92 Å². The van der Waals surface area contributed by atoms with Crippen molar-refractivity contribution in [3.05, 3.63) is 0 Å². The molecule has 0 spiro atoms. The van der Waals surface area contributed by atoms with Gasteiger partial charge in [-0.15, -0.1) is 0 Å². The summed E-state index contributed by atoms with van der Waals surface area (Å²) in [4.78, 5) is 0. The fourth-order valence-corrected chi connectivity index (χ4v) is 1.03. The molecule has 1 rings (SSSR count). The van der Waals surface area contributed by atoms with Gasteiger partial charge in [0.2, 0.25) is 0 Å². The highest BCUT2D eigenvalue weighted by Gasteiger charge is 2.51. The Morgan fingerprint density at radius 1 is 1.27 bits per heavy atom. The first-order chi connectivity index (χ1) is 4.96. The van der Waals surface area contributed by atoms with Crippen LogP contribution in [0, 0.1) is 0 Å². The molecule has 1 atom stereocenters. The number of rotatable bonds is 0. The maximum atomic E-state index is 12.2. The van der Waals surface area contributed by atoms with E-state index in [0.717, 1.165) is 0 Å². The fourth-order valence-electron chi connectivity index (χ4n) is 1.03. The zero-order chi connectivity index (χ0) is 8.54. The zero-order valence-corrected chi connectivity index (χ0v) is 6.26. The maximum absolute atomic E-state index is 12.2. The molecule has 0 radical (unpaired) electrons. The smallest absolute Gasteiger partial charge is 0.313 e. The summed E-state index contributed by atoms with van der Waals surface area (Å²) < 4.78 is 36.7. The number of alkyl halides is 3. The highest BCUT2D eigenvalue weighted by molar-refractivity contribution is 4.95. The normalized spacial score (nSPS) is 33.8. The Labute approximate surface area is 63.2 Å². The van der Waals surface area contributed by atoms with Crippen LogP contribution in [-0.4, -0.2) is 31.3 Å². The molecular weight excluding hydrogens is 157 g/mol. The van der Waals surface area contributed by atoms with E-state index < -0.39 is 11.7 Å². The van der Waals surface area contributed by atoms with Crippen LogP contribution in [0.25, 0.3) is 0 Å². The van der Waals surface area contributed by atoms with Crippen molar-refractivity contribution in [2.24, 2.45) is 0 Å². The summed E-state index contributed by atoms with van der Waals surface area (Å²) >= 11 is 0. The van der Waals surface area contributed by atoms with E-state index in [4.69, 9.17) is 0 Å². The summed E-state index contributed by atoms with van der Waals surface area (Å²) in [5.41, 5.74) is -1.74. The van der Waals surface area contributed by atoms with Crippen LogP contribution in [0.15, 0.2) is 0 Å². The van der Waals surface area contributed by atoms with E-state index in [-0.39, 0.29) is 6.54 Å². The summed E-state index contributed by atoms with van der Waals surface area (Å²) in [6, 6.07) is 0. The quantitative estimate of drug-likeness (QED) is 0.550. The lowest BCUT2D eigenvalue weighted by molar-refractivity contribution is -0.192. The summed E-state index contributed by atoms with van der Waals surface area (Å²) in [5, 5.41) is 5.15. The largest absolute Gasteiger partial charge is 0.407 e. The molecule has 1 heterocycles. The molecule has 0 aromatic carbocycles.